The second-order valence-electron chi connectivity index (χ2n) is 27.9. The number of hydrogen-bond acceptors (Lipinski definition) is 8. The maximum atomic E-state index is 12.8. The molecular formula is C89H108O8. The molecule has 4 aromatic rings. The summed E-state index contributed by atoms with van der Waals surface area (Å²) >= 11 is 0. The molecule has 8 heteroatoms. The highest BCUT2D eigenvalue weighted by Gasteiger charge is 2.31. The predicted molar refractivity (Wildman–Crippen MR) is 402 cm³/mol. The van der Waals surface area contributed by atoms with Gasteiger partial charge in [-0.1, -0.05) is 225 Å². The number of hydrogen-bond donors (Lipinski definition) is 0. The number of benzene rings is 4. The molecule has 0 saturated carbocycles. The summed E-state index contributed by atoms with van der Waals surface area (Å²) in [4.78, 5) is 99.0. The van der Waals surface area contributed by atoms with E-state index in [9.17, 15) is 38.4 Å². The van der Waals surface area contributed by atoms with E-state index in [-0.39, 0.29) is 46.3 Å². The van der Waals surface area contributed by atoms with E-state index in [1.54, 1.807) is 88.4 Å². The van der Waals surface area contributed by atoms with E-state index in [1.807, 2.05) is 36.4 Å². The van der Waals surface area contributed by atoms with Gasteiger partial charge in [-0.2, -0.15) is 0 Å². The number of Topliss-reactive ketones (excluding diaryl/α,β-unsaturated/α-hetero) is 7. The third kappa shape index (κ3) is 24.2. The SMILES string of the molecule is CC(C)=CCC/C(C)=C/CC/C(C)=C/CC1=C(C)C(=O)c2ccccc2C1=O.CC(C)=CCC/C(C)=C/CC/C(C)=C/CC1=C(C)C(=O)c2ccccc2C1=O.CC1=C(C/C=C(\C)CCCC(C)CCCC(C)C)C(=O)c2ccccc2C1=O.CC1=CC(=O)c2ccccc2C1=O. The molecule has 0 N–H and O–H groups in total. The average Bonchev–Trinajstić information content (AvgIpc) is 0.802. The minimum Gasteiger partial charge on any atom is -0.289 e. The van der Waals surface area contributed by atoms with Crippen LogP contribution in [0.4, 0.5) is 0 Å². The van der Waals surface area contributed by atoms with E-state index < -0.39 is 0 Å². The first-order chi connectivity index (χ1) is 46.1. The third-order valence-corrected chi connectivity index (χ3v) is 18.5. The Kier molecular flexibility index (Phi) is 32.2. The molecule has 4 aromatic carbocycles. The Morgan fingerprint density at radius 1 is 0.320 bits per heavy atom. The van der Waals surface area contributed by atoms with Crippen LogP contribution in [0, 0.1) is 11.8 Å². The van der Waals surface area contributed by atoms with Gasteiger partial charge in [0.15, 0.2) is 46.3 Å². The number of carbonyl (C=O) groups excluding carboxylic acids is 8. The van der Waals surface area contributed by atoms with Gasteiger partial charge in [0.25, 0.3) is 0 Å². The fraction of sp³-hybridized carbons (Fsp3) is 0.393. The first-order valence-corrected chi connectivity index (χ1v) is 35.2. The van der Waals surface area contributed by atoms with Crippen LogP contribution in [0.5, 0.6) is 0 Å². The lowest BCUT2D eigenvalue weighted by atomic mass is 9.83. The fourth-order valence-electron chi connectivity index (χ4n) is 12.2. The molecule has 0 amide bonds. The summed E-state index contributed by atoms with van der Waals surface area (Å²) in [5.41, 5.74) is 17.9. The Morgan fingerprint density at radius 3 is 0.928 bits per heavy atom. The monoisotopic (exact) mass is 1300 g/mol. The number of fused-ring (bicyclic) bond motifs is 4. The highest BCUT2D eigenvalue weighted by atomic mass is 16.2. The Balaban J connectivity index is 0.000000240. The standard InChI is InChI=1S/C26H36O2.2C26H32O2.C11H8O2/c3*1-18(2)10-8-11-19(3)12-9-13-20(4)16-17-22-21(5)25(27)23-14-6-7-15-24(23)26(22)28;1-7-6-10(12)8-4-2-3-5-9(8)11(7)13/h6-7,14-16,18-19H,8-13,17H2,1-5H3;2*6-7,10,12,14-16H,8-9,11,13,17H2,1-5H3;2-6H,1H3/b20-16+;2*19-12+,20-16+;. The van der Waals surface area contributed by atoms with Gasteiger partial charge in [0, 0.05) is 83.5 Å². The van der Waals surface area contributed by atoms with Crippen molar-refractivity contribution in [3.05, 3.63) is 268 Å². The summed E-state index contributed by atoms with van der Waals surface area (Å²) in [5, 5.41) is 0. The van der Waals surface area contributed by atoms with Crippen LogP contribution in [0.2, 0.25) is 0 Å². The highest BCUT2D eigenvalue weighted by Crippen LogP contribution is 2.33. The van der Waals surface area contributed by atoms with E-state index in [0.29, 0.717) is 103 Å². The Bertz CT molecular complexity index is 3790. The molecule has 1 unspecified atom stereocenters. The minimum atomic E-state index is -0.0762. The Hall–Kier alpha value is -8.62. The largest absolute Gasteiger partial charge is 0.289 e. The lowest BCUT2D eigenvalue weighted by Gasteiger charge is -2.18. The number of carbonyl (C=O) groups is 8. The van der Waals surface area contributed by atoms with E-state index in [1.165, 1.54) is 77.2 Å². The van der Waals surface area contributed by atoms with Crippen molar-refractivity contribution < 1.29 is 38.4 Å². The van der Waals surface area contributed by atoms with Crippen LogP contribution in [0.25, 0.3) is 0 Å². The van der Waals surface area contributed by atoms with Gasteiger partial charge < -0.3 is 0 Å². The van der Waals surface area contributed by atoms with Crippen LogP contribution in [0.3, 0.4) is 0 Å². The smallest absolute Gasteiger partial charge is 0.190 e. The van der Waals surface area contributed by atoms with Crippen LogP contribution in [-0.2, 0) is 0 Å². The van der Waals surface area contributed by atoms with Crippen molar-refractivity contribution in [2.75, 3.05) is 0 Å². The van der Waals surface area contributed by atoms with Crippen molar-refractivity contribution in [1.82, 2.24) is 0 Å². The van der Waals surface area contributed by atoms with Crippen LogP contribution in [0.1, 0.15) is 303 Å². The van der Waals surface area contributed by atoms with Crippen LogP contribution < -0.4 is 0 Å². The number of rotatable bonds is 26. The number of allylic oxidation sites excluding steroid dienone is 22. The zero-order valence-corrected chi connectivity index (χ0v) is 61.3. The minimum absolute atomic E-state index is 0.00763. The van der Waals surface area contributed by atoms with Gasteiger partial charge in [-0.05, 0) is 191 Å². The normalized spacial score (nSPS) is 15.4. The molecule has 512 valence electrons. The Morgan fingerprint density at radius 2 is 0.598 bits per heavy atom. The molecule has 0 bridgehead atoms. The van der Waals surface area contributed by atoms with E-state index in [2.05, 4.69) is 126 Å². The molecule has 0 radical (unpaired) electrons. The first-order valence-electron chi connectivity index (χ1n) is 35.2. The van der Waals surface area contributed by atoms with Gasteiger partial charge in [-0.3, -0.25) is 38.4 Å². The van der Waals surface area contributed by atoms with Crippen LogP contribution >= 0.6 is 0 Å². The predicted octanol–water partition coefficient (Wildman–Crippen LogP) is 23.7. The quantitative estimate of drug-likeness (QED) is 0.0567. The van der Waals surface area contributed by atoms with Crippen molar-refractivity contribution in [3.63, 3.8) is 0 Å². The van der Waals surface area contributed by atoms with Gasteiger partial charge in [0.2, 0.25) is 0 Å². The average molecular weight is 1310 g/mol. The molecule has 0 aliphatic heterocycles. The van der Waals surface area contributed by atoms with Crippen LogP contribution in [0.15, 0.2) is 224 Å². The van der Waals surface area contributed by atoms with Crippen LogP contribution in [-0.4, -0.2) is 46.3 Å². The number of ketones is 8. The lowest BCUT2D eigenvalue weighted by Crippen LogP contribution is -2.20. The molecule has 0 fully saturated rings. The molecule has 1 atom stereocenters. The van der Waals surface area contributed by atoms with Gasteiger partial charge in [0.1, 0.15) is 0 Å². The molecular weight excluding hydrogens is 1200 g/mol. The third-order valence-electron chi connectivity index (χ3n) is 18.5. The van der Waals surface area contributed by atoms with Crippen molar-refractivity contribution in [3.8, 4) is 0 Å². The lowest BCUT2D eigenvalue weighted by molar-refractivity contribution is 0.0973. The summed E-state index contributed by atoms with van der Waals surface area (Å²) in [7, 11) is 0. The zero-order valence-electron chi connectivity index (χ0n) is 61.3. The molecule has 4 aliphatic rings. The molecule has 0 aromatic heterocycles. The summed E-state index contributed by atoms with van der Waals surface area (Å²) in [6, 6.07) is 28.3. The van der Waals surface area contributed by atoms with E-state index >= 15 is 0 Å². The van der Waals surface area contributed by atoms with Gasteiger partial charge in [0.05, 0.1) is 0 Å². The highest BCUT2D eigenvalue weighted by molar-refractivity contribution is 6.29. The molecule has 0 heterocycles. The maximum Gasteiger partial charge on any atom is 0.190 e. The van der Waals surface area contributed by atoms with Crippen molar-refractivity contribution >= 4 is 46.3 Å². The first kappa shape index (κ1) is 79.1. The zero-order chi connectivity index (χ0) is 71.5. The summed E-state index contributed by atoms with van der Waals surface area (Å²) < 4.78 is 0. The summed E-state index contributed by atoms with van der Waals surface area (Å²) in [6.07, 6.45) is 34.4. The molecule has 97 heavy (non-hydrogen) atoms. The molecule has 4 aliphatic carbocycles. The molecule has 8 nitrogen and oxygen atoms in total. The Labute approximate surface area is 581 Å². The second-order valence-corrected chi connectivity index (χ2v) is 27.9. The van der Waals surface area contributed by atoms with Crippen molar-refractivity contribution in [2.45, 2.75) is 220 Å². The van der Waals surface area contributed by atoms with Gasteiger partial charge in [-0.15, -0.1) is 0 Å². The van der Waals surface area contributed by atoms with Gasteiger partial charge in [-0.25, -0.2) is 0 Å². The fourth-order valence-corrected chi connectivity index (χ4v) is 12.2. The van der Waals surface area contributed by atoms with E-state index in [4.69, 9.17) is 0 Å². The van der Waals surface area contributed by atoms with Gasteiger partial charge >= 0.3 is 0 Å². The molecule has 8 rings (SSSR count). The summed E-state index contributed by atoms with van der Waals surface area (Å²) in [5.74, 6) is 1.41. The molecule has 0 saturated heterocycles. The van der Waals surface area contributed by atoms with Crippen molar-refractivity contribution in [1.29, 1.82) is 0 Å². The summed E-state index contributed by atoms with van der Waals surface area (Å²) in [6.45, 7) is 33.2. The second kappa shape index (κ2) is 39.6. The maximum absolute atomic E-state index is 12.8. The topological polar surface area (TPSA) is 137 Å². The van der Waals surface area contributed by atoms with Crippen molar-refractivity contribution in [2.24, 2.45) is 11.8 Å². The molecule has 0 spiro atoms. The van der Waals surface area contributed by atoms with E-state index in [0.717, 1.165) is 69.6 Å².